The molecule has 1 aliphatic rings. The van der Waals surface area contributed by atoms with Gasteiger partial charge in [0, 0.05) is 17.9 Å². The number of hydrogen-bond acceptors (Lipinski definition) is 2. The summed E-state index contributed by atoms with van der Waals surface area (Å²) in [6, 6.07) is 8.30. The van der Waals surface area contributed by atoms with E-state index in [-0.39, 0.29) is 24.5 Å². The molecule has 1 unspecified atom stereocenters. The summed E-state index contributed by atoms with van der Waals surface area (Å²) >= 11 is 0. The Morgan fingerprint density at radius 3 is 2.20 bits per heavy atom. The first-order valence-corrected chi connectivity index (χ1v) is 5.54. The van der Waals surface area contributed by atoms with Crippen molar-refractivity contribution in [1.82, 2.24) is 0 Å². The zero-order chi connectivity index (χ0) is 10.9. The summed E-state index contributed by atoms with van der Waals surface area (Å²) in [6.07, 6.45) is 2.19. The monoisotopic (exact) mass is 206 g/mol. The molecule has 0 bridgehead atoms. The van der Waals surface area contributed by atoms with Gasteiger partial charge in [0.25, 0.3) is 0 Å². The molecule has 0 amide bonds. The van der Waals surface area contributed by atoms with Gasteiger partial charge in [0.05, 0.1) is 6.61 Å². The average molecular weight is 206 g/mol. The second kappa shape index (κ2) is 3.95. The highest BCUT2D eigenvalue weighted by Crippen LogP contribution is 2.47. The van der Waals surface area contributed by atoms with Gasteiger partial charge in [-0.15, -0.1) is 0 Å². The lowest BCUT2D eigenvalue weighted by atomic mass is 9.93. The second-order valence-electron chi connectivity index (χ2n) is 4.64. The molecular formula is C13H18O2. The van der Waals surface area contributed by atoms with Crippen molar-refractivity contribution in [3.05, 3.63) is 35.4 Å². The Balaban J connectivity index is 2.17. The number of rotatable bonds is 4. The standard InChI is InChI=1S/C13H18O2/c1-10(8-14)11-2-4-12(5-3-11)13(9-15)6-7-13/h2-5,10,14-15H,6-9H2,1H3. The smallest absolute Gasteiger partial charge is 0.0527 e. The van der Waals surface area contributed by atoms with Gasteiger partial charge >= 0.3 is 0 Å². The molecule has 2 nitrogen and oxygen atoms in total. The van der Waals surface area contributed by atoms with Gasteiger partial charge in [-0.25, -0.2) is 0 Å². The van der Waals surface area contributed by atoms with E-state index in [4.69, 9.17) is 5.11 Å². The molecule has 1 aliphatic carbocycles. The molecule has 0 spiro atoms. The third kappa shape index (κ3) is 1.92. The second-order valence-corrected chi connectivity index (χ2v) is 4.64. The fraction of sp³-hybridized carbons (Fsp3) is 0.538. The summed E-state index contributed by atoms with van der Waals surface area (Å²) in [5.74, 6) is 0.198. The molecule has 0 aliphatic heterocycles. The van der Waals surface area contributed by atoms with Crippen LogP contribution in [0.1, 0.15) is 36.8 Å². The summed E-state index contributed by atoms with van der Waals surface area (Å²) in [6.45, 7) is 2.44. The van der Waals surface area contributed by atoms with Crippen LogP contribution in [0.2, 0.25) is 0 Å². The number of benzene rings is 1. The minimum absolute atomic E-state index is 0.0565. The van der Waals surface area contributed by atoms with Gasteiger partial charge in [0.2, 0.25) is 0 Å². The van der Waals surface area contributed by atoms with Crippen molar-refractivity contribution in [3.63, 3.8) is 0 Å². The number of aliphatic hydroxyl groups is 2. The van der Waals surface area contributed by atoms with Gasteiger partial charge in [0.15, 0.2) is 0 Å². The van der Waals surface area contributed by atoms with E-state index in [0.29, 0.717) is 0 Å². The number of aliphatic hydroxyl groups excluding tert-OH is 2. The Bertz CT molecular complexity index is 325. The van der Waals surface area contributed by atoms with E-state index in [2.05, 4.69) is 24.3 Å². The Labute approximate surface area is 90.6 Å². The van der Waals surface area contributed by atoms with Gasteiger partial charge in [-0.1, -0.05) is 31.2 Å². The molecule has 2 rings (SSSR count). The van der Waals surface area contributed by atoms with Crippen LogP contribution in [0.3, 0.4) is 0 Å². The maximum absolute atomic E-state index is 9.29. The molecule has 2 N–H and O–H groups in total. The largest absolute Gasteiger partial charge is 0.396 e. The van der Waals surface area contributed by atoms with Crippen LogP contribution < -0.4 is 0 Å². The van der Waals surface area contributed by atoms with Crippen molar-refractivity contribution in [3.8, 4) is 0 Å². The van der Waals surface area contributed by atoms with Crippen molar-refractivity contribution in [2.75, 3.05) is 13.2 Å². The normalized spacial score (nSPS) is 19.9. The molecule has 15 heavy (non-hydrogen) atoms. The highest BCUT2D eigenvalue weighted by molar-refractivity contribution is 5.34. The van der Waals surface area contributed by atoms with Crippen molar-refractivity contribution in [2.45, 2.75) is 31.1 Å². The van der Waals surface area contributed by atoms with Crippen molar-refractivity contribution >= 4 is 0 Å². The molecule has 1 fully saturated rings. The maximum atomic E-state index is 9.29. The van der Waals surface area contributed by atoms with Crippen LogP contribution in [0.15, 0.2) is 24.3 Å². The molecular weight excluding hydrogens is 188 g/mol. The van der Waals surface area contributed by atoms with Gasteiger partial charge in [0.1, 0.15) is 0 Å². The molecule has 0 heterocycles. The molecule has 1 aromatic rings. The van der Waals surface area contributed by atoms with Gasteiger partial charge in [-0.05, 0) is 24.0 Å². The first-order chi connectivity index (χ1) is 7.22. The zero-order valence-electron chi connectivity index (χ0n) is 9.11. The van der Waals surface area contributed by atoms with Gasteiger partial charge in [-0.2, -0.15) is 0 Å². The first-order valence-electron chi connectivity index (χ1n) is 5.54. The SMILES string of the molecule is CC(CO)c1ccc(C2(CO)CC2)cc1. The topological polar surface area (TPSA) is 40.5 Å². The zero-order valence-corrected chi connectivity index (χ0v) is 9.11. The molecule has 0 radical (unpaired) electrons. The van der Waals surface area contributed by atoms with Crippen LogP contribution in [0, 0.1) is 0 Å². The Morgan fingerprint density at radius 2 is 1.80 bits per heavy atom. The lowest BCUT2D eigenvalue weighted by Gasteiger charge is -2.14. The summed E-state index contributed by atoms with van der Waals surface area (Å²) in [5.41, 5.74) is 2.45. The van der Waals surface area contributed by atoms with E-state index >= 15 is 0 Å². The molecule has 2 heteroatoms. The van der Waals surface area contributed by atoms with Crippen molar-refractivity contribution < 1.29 is 10.2 Å². The minimum atomic E-state index is 0.0565. The lowest BCUT2D eigenvalue weighted by molar-refractivity contribution is 0.255. The molecule has 0 saturated heterocycles. The molecule has 1 saturated carbocycles. The third-order valence-electron chi connectivity index (χ3n) is 3.52. The molecule has 1 atom stereocenters. The van der Waals surface area contributed by atoms with Crippen LogP contribution in [-0.4, -0.2) is 23.4 Å². The Kier molecular flexibility index (Phi) is 2.81. The average Bonchev–Trinajstić information content (AvgIpc) is 3.09. The van der Waals surface area contributed by atoms with Crippen LogP contribution >= 0.6 is 0 Å². The third-order valence-corrected chi connectivity index (χ3v) is 3.52. The van der Waals surface area contributed by atoms with E-state index in [1.807, 2.05) is 6.92 Å². The summed E-state index contributed by atoms with van der Waals surface area (Å²) in [7, 11) is 0. The van der Waals surface area contributed by atoms with E-state index in [1.54, 1.807) is 0 Å². The minimum Gasteiger partial charge on any atom is -0.396 e. The molecule has 1 aromatic carbocycles. The maximum Gasteiger partial charge on any atom is 0.0527 e. The first kappa shape index (κ1) is 10.7. The highest BCUT2D eigenvalue weighted by atomic mass is 16.3. The fourth-order valence-electron chi connectivity index (χ4n) is 1.96. The van der Waals surface area contributed by atoms with E-state index < -0.39 is 0 Å². The van der Waals surface area contributed by atoms with E-state index in [9.17, 15) is 5.11 Å². The molecule has 0 aromatic heterocycles. The summed E-state index contributed by atoms with van der Waals surface area (Å²) < 4.78 is 0. The van der Waals surface area contributed by atoms with Crippen LogP contribution in [0.5, 0.6) is 0 Å². The Morgan fingerprint density at radius 1 is 1.20 bits per heavy atom. The highest BCUT2D eigenvalue weighted by Gasteiger charge is 2.43. The van der Waals surface area contributed by atoms with Crippen LogP contribution in [-0.2, 0) is 5.41 Å². The number of hydrogen-bond donors (Lipinski definition) is 2. The van der Waals surface area contributed by atoms with E-state index in [1.165, 1.54) is 5.56 Å². The lowest BCUT2D eigenvalue weighted by Crippen LogP contribution is -2.11. The predicted octanol–water partition coefficient (Wildman–Crippen LogP) is 1.81. The fourth-order valence-corrected chi connectivity index (χ4v) is 1.96. The van der Waals surface area contributed by atoms with Crippen molar-refractivity contribution in [1.29, 1.82) is 0 Å². The van der Waals surface area contributed by atoms with Crippen molar-refractivity contribution in [2.24, 2.45) is 0 Å². The Hall–Kier alpha value is -0.860. The summed E-state index contributed by atoms with van der Waals surface area (Å²) in [4.78, 5) is 0. The van der Waals surface area contributed by atoms with E-state index in [0.717, 1.165) is 18.4 Å². The predicted molar refractivity (Wildman–Crippen MR) is 59.9 cm³/mol. The summed E-state index contributed by atoms with van der Waals surface area (Å²) in [5, 5.41) is 18.3. The quantitative estimate of drug-likeness (QED) is 0.788. The molecule has 82 valence electrons. The van der Waals surface area contributed by atoms with Crippen LogP contribution in [0.4, 0.5) is 0 Å². The van der Waals surface area contributed by atoms with Gasteiger partial charge in [-0.3, -0.25) is 0 Å². The van der Waals surface area contributed by atoms with Gasteiger partial charge < -0.3 is 10.2 Å². The van der Waals surface area contributed by atoms with Crippen LogP contribution in [0.25, 0.3) is 0 Å².